The molecule has 0 aliphatic carbocycles. The second kappa shape index (κ2) is 4.46. The molecule has 0 bridgehead atoms. The summed E-state index contributed by atoms with van der Waals surface area (Å²) in [6.45, 7) is 5.83. The van der Waals surface area contributed by atoms with Crippen molar-refractivity contribution in [3.05, 3.63) is 22.8 Å². The van der Waals surface area contributed by atoms with Crippen LogP contribution in [0, 0.1) is 6.92 Å². The third kappa shape index (κ3) is 2.07. The highest BCUT2D eigenvalue weighted by Crippen LogP contribution is 2.13. The molecule has 0 amide bonds. The van der Waals surface area contributed by atoms with Crippen LogP contribution in [-0.4, -0.2) is 20.1 Å². The van der Waals surface area contributed by atoms with E-state index in [-0.39, 0.29) is 5.05 Å². The first-order valence-electron chi connectivity index (χ1n) is 4.69. The molecular weight excluding hydrogens is 196 g/mol. The third-order valence-corrected chi connectivity index (χ3v) is 2.26. The van der Waals surface area contributed by atoms with Crippen LogP contribution in [-0.2, 0) is 12.8 Å². The molecule has 4 heteroatoms. The molecule has 0 aromatic carbocycles. The molecule has 1 aromatic rings. The number of nitrogens with zero attached hydrogens (tertiary/aromatic N) is 2. The zero-order chi connectivity index (χ0) is 10.7. The molecule has 0 aliphatic heterocycles. The van der Waals surface area contributed by atoms with Crippen LogP contribution in [0.2, 0.25) is 0 Å². The van der Waals surface area contributed by atoms with Gasteiger partial charge in [0.25, 0.3) is 0 Å². The quantitative estimate of drug-likeness (QED) is 0.776. The second-order valence-electron chi connectivity index (χ2n) is 3.05. The highest BCUT2D eigenvalue weighted by molar-refractivity contribution is 7.80. The summed E-state index contributed by atoms with van der Waals surface area (Å²) in [5.74, 6) is 0.735. The Kier molecular flexibility index (Phi) is 3.52. The van der Waals surface area contributed by atoms with Gasteiger partial charge in [-0.3, -0.25) is 0 Å². The Morgan fingerprint density at radius 1 is 1.21 bits per heavy atom. The Balaban J connectivity index is 3.40. The zero-order valence-electron chi connectivity index (χ0n) is 8.66. The van der Waals surface area contributed by atoms with Crippen molar-refractivity contribution in [2.75, 3.05) is 0 Å². The molecule has 0 saturated heterocycles. The minimum Gasteiger partial charge on any atom is -0.498 e. The van der Waals surface area contributed by atoms with Crippen LogP contribution < -0.4 is 0 Å². The monoisotopic (exact) mass is 210 g/mol. The molecule has 1 heterocycles. The molecule has 0 radical (unpaired) electrons. The number of aliphatic hydroxyl groups is 1. The predicted molar refractivity (Wildman–Crippen MR) is 59.9 cm³/mol. The van der Waals surface area contributed by atoms with Crippen molar-refractivity contribution < 1.29 is 5.11 Å². The first-order chi connectivity index (χ1) is 6.60. The maximum Gasteiger partial charge on any atom is 0.192 e. The lowest BCUT2D eigenvalue weighted by Crippen LogP contribution is -2.11. The molecule has 14 heavy (non-hydrogen) atoms. The third-order valence-electron chi connectivity index (χ3n) is 2.05. The first kappa shape index (κ1) is 11.0. The van der Waals surface area contributed by atoms with E-state index in [1.54, 1.807) is 0 Å². The minimum absolute atomic E-state index is 0.0984. The van der Waals surface area contributed by atoms with Gasteiger partial charge in [0.05, 0.1) is 17.0 Å². The molecule has 0 unspecified atom stereocenters. The van der Waals surface area contributed by atoms with Gasteiger partial charge in [-0.1, -0.05) is 13.8 Å². The summed E-state index contributed by atoms with van der Waals surface area (Å²) in [5, 5.41) is 9.29. The van der Waals surface area contributed by atoms with E-state index in [0.29, 0.717) is 5.56 Å². The van der Waals surface area contributed by atoms with Gasteiger partial charge >= 0.3 is 0 Å². The lowest BCUT2D eigenvalue weighted by atomic mass is 10.1. The van der Waals surface area contributed by atoms with Crippen LogP contribution in [0.5, 0.6) is 0 Å². The Labute approximate surface area is 89.2 Å². The topological polar surface area (TPSA) is 46.0 Å². The summed E-state index contributed by atoms with van der Waals surface area (Å²) in [4.78, 5) is 8.53. The van der Waals surface area contributed by atoms with Crippen molar-refractivity contribution in [2.24, 2.45) is 0 Å². The van der Waals surface area contributed by atoms with E-state index in [9.17, 15) is 5.11 Å². The summed E-state index contributed by atoms with van der Waals surface area (Å²) >= 11 is 4.79. The average Bonchev–Trinajstić information content (AvgIpc) is 2.15. The molecule has 0 fully saturated rings. The Morgan fingerprint density at radius 3 is 1.93 bits per heavy atom. The van der Waals surface area contributed by atoms with Crippen LogP contribution in [0.15, 0.2) is 0 Å². The molecule has 1 N–H and O–H groups in total. The fourth-order valence-corrected chi connectivity index (χ4v) is 1.69. The zero-order valence-corrected chi connectivity index (χ0v) is 9.48. The van der Waals surface area contributed by atoms with Crippen molar-refractivity contribution in [3.8, 4) is 0 Å². The summed E-state index contributed by atoms with van der Waals surface area (Å²) in [7, 11) is 0. The molecule has 1 rings (SSSR count). The van der Waals surface area contributed by atoms with E-state index >= 15 is 0 Å². The van der Waals surface area contributed by atoms with Gasteiger partial charge in [-0.15, -0.1) is 0 Å². The lowest BCUT2D eigenvalue weighted by Gasteiger charge is -2.09. The lowest BCUT2D eigenvalue weighted by molar-refractivity contribution is 0.567. The van der Waals surface area contributed by atoms with E-state index in [4.69, 9.17) is 12.2 Å². The van der Waals surface area contributed by atoms with E-state index in [0.717, 1.165) is 30.1 Å². The molecule has 3 nitrogen and oxygen atoms in total. The average molecular weight is 210 g/mol. The maximum absolute atomic E-state index is 9.39. The Morgan fingerprint density at radius 2 is 1.64 bits per heavy atom. The largest absolute Gasteiger partial charge is 0.498 e. The SMILES string of the molecule is CCc1nc(C)nc(CC)c1C(O)=S. The highest BCUT2D eigenvalue weighted by Gasteiger charge is 2.13. The van der Waals surface area contributed by atoms with Crippen molar-refractivity contribution in [1.29, 1.82) is 0 Å². The normalized spacial score (nSPS) is 10.2. The van der Waals surface area contributed by atoms with E-state index in [1.165, 1.54) is 0 Å². The van der Waals surface area contributed by atoms with Crippen molar-refractivity contribution in [2.45, 2.75) is 33.6 Å². The molecule has 0 atom stereocenters. The number of hydrogen-bond donors (Lipinski definition) is 1. The maximum atomic E-state index is 9.39. The van der Waals surface area contributed by atoms with E-state index < -0.39 is 0 Å². The van der Waals surface area contributed by atoms with Gasteiger partial charge in [0.15, 0.2) is 5.05 Å². The van der Waals surface area contributed by atoms with Gasteiger partial charge in [0.2, 0.25) is 0 Å². The molecule has 1 aromatic heterocycles. The fraction of sp³-hybridized carbons (Fsp3) is 0.500. The fourth-order valence-electron chi connectivity index (χ4n) is 1.45. The Hall–Kier alpha value is -1.03. The van der Waals surface area contributed by atoms with Gasteiger partial charge in [-0.2, -0.15) is 0 Å². The number of thiocarbonyl (C=S) groups is 1. The van der Waals surface area contributed by atoms with Gasteiger partial charge < -0.3 is 5.11 Å². The summed E-state index contributed by atoms with van der Waals surface area (Å²) < 4.78 is 0. The van der Waals surface area contributed by atoms with Gasteiger partial charge in [0.1, 0.15) is 5.82 Å². The van der Waals surface area contributed by atoms with Gasteiger partial charge in [-0.25, -0.2) is 9.97 Å². The highest BCUT2D eigenvalue weighted by atomic mass is 32.1. The number of aryl methyl sites for hydroxylation is 3. The summed E-state index contributed by atoms with van der Waals surface area (Å²) in [5.41, 5.74) is 2.32. The van der Waals surface area contributed by atoms with Crippen LogP contribution in [0.25, 0.3) is 0 Å². The smallest absolute Gasteiger partial charge is 0.192 e. The molecular formula is C10H14N2OS. The van der Waals surface area contributed by atoms with Crippen molar-refractivity contribution in [1.82, 2.24) is 9.97 Å². The van der Waals surface area contributed by atoms with Crippen LogP contribution in [0.1, 0.15) is 36.6 Å². The van der Waals surface area contributed by atoms with Gasteiger partial charge in [-0.05, 0) is 32.0 Å². The molecule has 0 spiro atoms. The van der Waals surface area contributed by atoms with Crippen LogP contribution in [0.4, 0.5) is 0 Å². The number of aromatic nitrogens is 2. The molecule has 76 valence electrons. The van der Waals surface area contributed by atoms with Crippen molar-refractivity contribution >= 4 is 17.3 Å². The predicted octanol–water partition coefficient (Wildman–Crippen LogP) is 2.14. The van der Waals surface area contributed by atoms with E-state index in [1.807, 2.05) is 20.8 Å². The minimum atomic E-state index is -0.0984. The van der Waals surface area contributed by atoms with Crippen LogP contribution in [0.3, 0.4) is 0 Å². The molecule has 0 saturated carbocycles. The van der Waals surface area contributed by atoms with E-state index in [2.05, 4.69) is 9.97 Å². The van der Waals surface area contributed by atoms with Gasteiger partial charge in [0, 0.05) is 0 Å². The Bertz CT molecular complexity index is 338. The number of aliphatic hydroxyl groups excluding tert-OH is 1. The summed E-state index contributed by atoms with van der Waals surface area (Å²) in [6.07, 6.45) is 1.51. The number of rotatable bonds is 3. The first-order valence-corrected chi connectivity index (χ1v) is 5.10. The standard InChI is InChI=1S/C10H14N2OS/c1-4-7-9(10(13)14)8(5-2)12-6(3)11-7/h4-5H2,1-3H3,(H,13,14). The second-order valence-corrected chi connectivity index (χ2v) is 3.44. The van der Waals surface area contributed by atoms with Crippen LogP contribution >= 0.6 is 12.2 Å². The number of hydrogen-bond acceptors (Lipinski definition) is 3. The molecule has 0 aliphatic rings. The van der Waals surface area contributed by atoms with Crippen molar-refractivity contribution in [3.63, 3.8) is 0 Å². The summed E-state index contributed by atoms with van der Waals surface area (Å²) in [6, 6.07) is 0.